The molecule has 0 aromatic carbocycles. The van der Waals surface area contributed by atoms with Crippen LogP contribution in [0.4, 0.5) is 0 Å². The van der Waals surface area contributed by atoms with E-state index in [0.29, 0.717) is 12.8 Å². The fourth-order valence-electron chi connectivity index (χ4n) is 1.53. The smallest absolute Gasteiger partial charge is 0.211 e. The summed E-state index contributed by atoms with van der Waals surface area (Å²) >= 11 is 0. The Balaban J connectivity index is 2.28. The summed E-state index contributed by atoms with van der Waals surface area (Å²) in [7, 11) is -1.82. The number of aliphatic hydroxyl groups excluding tert-OH is 1. The molecule has 6 nitrogen and oxygen atoms in total. The zero-order chi connectivity index (χ0) is 14.1. The summed E-state index contributed by atoms with van der Waals surface area (Å²) in [5.74, 6) is 0.0252. The molecule has 2 N–H and O–H groups in total. The Morgan fingerprint density at radius 3 is 2.74 bits per heavy atom. The Morgan fingerprint density at radius 1 is 1.42 bits per heavy atom. The molecule has 0 aliphatic heterocycles. The van der Waals surface area contributed by atoms with Crippen LogP contribution in [0.1, 0.15) is 12.0 Å². The topological polar surface area (TPSA) is 88.5 Å². The van der Waals surface area contributed by atoms with Gasteiger partial charge < -0.3 is 9.84 Å². The maximum atomic E-state index is 11.7. The minimum Gasteiger partial charge on any atom is -0.391 e. The van der Waals surface area contributed by atoms with Crippen molar-refractivity contribution in [3.63, 3.8) is 0 Å². The Kier molecular flexibility index (Phi) is 6.93. The predicted molar refractivity (Wildman–Crippen MR) is 72.2 cm³/mol. The van der Waals surface area contributed by atoms with E-state index in [-0.39, 0.29) is 18.9 Å². The number of aliphatic hydroxyl groups is 1. The summed E-state index contributed by atoms with van der Waals surface area (Å²) in [5.41, 5.74) is 0.930. The summed E-state index contributed by atoms with van der Waals surface area (Å²) in [5, 5.41) is 9.39. The number of aromatic nitrogens is 1. The highest BCUT2D eigenvalue weighted by Crippen LogP contribution is 2.00. The van der Waals surface area contributed by atoms with Crippen LogP contribution in [-0.2, 0) is 21.2 Å². The lowest BCUT2D eigenvalue weighted by Gasteiger charge is -2.10. The number of aryl methyl sites for hydroxylation is 1. The average molecular weight is 288 g/mol. The van der Waals surface area contributed by atoms with Crippen LogP contribution in [0.5, 0.6) is 0 Å². The molecule has 1 aromatic heterocycles. The van der Waals surface area contributed by atoms with Gasteiger partial charge >= 0.3 is 0 Å². The molecular formula is C12H20N2O4S. The van der Waals surface area contributed by atoms with Gasteiger partial charge in [0, 0.05) is 26.0 Å². The summed E-state index contributed by atoms with van der Waals surface area (Å²) in [4.78, 5) is 3.87. The Morgan fingerprint density at radius 2 is 2.11 bits per heavy atom. The SMILES string of the molecule is COCC(O)CCNS(=O)(=O)CCc1ccncc1. The molecule has 1 heterocycles. The summed E-state index contributed by atoms with van der Waals surface area (Å²) in [6, 6.07) is 3.58. The van der Waals surface area contributed by atoms with Crippen LogP contribution in [0.15, 0.2) is 24.5 Å². The number of rotatable bonds is 9. The van der Waals surface area contributed by atoms with Crippen LogP contribution in [-0.4, -0.2) is 50.6 Å². The summed E-state index contributed by atoms with van der Waals surface area (Å²) in [6.07, 6.45) is 3.40. The van der Waals surface area contributed by atoms with Crippen LogP contribution < -0.4 is 4.72 Å². The van der Waals surface area contributed by atoms with E-state index in [1.165, 1.54) is 7.11 Å². The number of hydrogen-bond donors (Lipinski definition) is 2. The number of pyridine rings is 1. The van der Waals surface area contributed by atoms with Crippen molar-refractivity contribution in [2.45, 2.75) is 18.9 Å². The van der Waals surface area contributed by atoms with E-state index in [4.69, 9.17) is 4.74 Å². The van der Waals surface area contributed by atoms with Crippen molar-refractivity contribution >= 4 is 10.0 Å². The Bertz CT molecular complexity index is 450. The van der Waals surface area contributed by atoms with Crippen molar-refractivity contribution in [2.75, 3.05) is 26.0 Å². The molecule has 0 aliphatic rings. The van der Waals surface area contributed by atoms with Crippen LogP contribution in [0.3, 0.4) is 0 Å². The van der Waals surface area contributed by atoms with Gasteiger partial charge in [-0.2, -0.15) is 0 Å². The second kappa shape index (κ2) is 8.21. The van der Waals surface area contributed by atoms with Crippen LogP contribution in [0, 0.1) is 0 Å². The highest BCUT2D eigenvalue weighted by molar-refractivity contribution is 7.89. The van der Waals surface area contributed by atoms with Gasteiger partial charge in [-0.15, -0.1) is 0 Å². The number of nitrogens with zero attached hydrogens (tertiary/aromatic N) is 1. The highest BCUT2D eigenvalue weighted by atomic mass is 32.2. The molecule has 0 bridgehead atoms. The molecule has 0 aliphatic carbocycles. The van der Waals surface area contributed by atoms with Crippen molar-refractivity contribution in [2.24, 2.45) is 0 Å². The lowest BCUT2D eigenvalue weighted by molar-refractivity contribution is 0.0603. The second-order valence-electron chi connectivity index (χ2n) is 4.22. The van der Waals surface area contributed by atoms with Crippen LogP contribution in [0.25, 0.3) is 0 Å². The van der Waals surface area contributed by atoms with Gasteiger partial charge in [-0.1, -0.05) is 0 Å². The number of hydrogen-bond acceptors (Lipinski definition) is 5. The lowest BCUT2D eigenvalue weighted by Crippen LogP contribution is -2.31. The summed E-state index contributed by atoms with van der Waals surface area (Å²) < 4.78 is 30.6. The Hall–Kier alpha value is -1.02. The van der Waals surface area contributed by atoms with Crippen molar-refractivity contribution in [1.82, 2.24) is 9.71 Å². The first-order chi connectivity index (χ1) is 9.03. The van der Waals surface area contributed by atoms with Crippen LogP contribution in [0.2, 0.25) is 0 Å². The van der Waals surface area contributed by atoms with Crippen molar-refractivity contribution in [3.8, 4) is 0 Å². The number of nitrogens with one attached hydrogen (secondary N) is 1. The first-order valence-corrected chi connectivity index (χ1v) is 7.72. The molecule has 0 spiro atoms. The fraction of sp³-hybridized carbons (Fsp3) is 0.583. The number of sulfonamides is 1. The molecule has 0 saturated heterocycles. The predicted octanol–water partition coefficient (Wildman–Crippen LogP) is -0.0591. The molecule has 0 saturated carbocycles. The lowest BCUT2D eigenvalue weighted by atomic mass is 10.2. The molecule has 0 amide bonds. The van der Waals surface area contributed by atoms with E-state index in [0.717, 1.165) is 5.56 Å². The van der Waals surface area contributed by atoms with Gasteiger partial charge in [0.2, 0.25) is 10.0 Å². The number of ether oxygens (including phenoxy) is 1. The standard InChI is InChI=1S/C12H20N2O4S/c1-18-10-12(15)4-8-14-19(16,17)9-5-11-2-6-13-7-3-11/h2-3,6-7,12,14-15H,4-5,8-10H2,1H3. The molecule has 1 aromatic rings. The number of methoxy groups -OCH3 is 1. The van der Waals surface area contributed by atoms with Crippen molar-refractivity contribution < 1.29 is 18.3 Å². The van der Waals surface area contributed by atoms with E-state index in [1.807, 2.05) is 0 Å². The maximum Gasteiger partial charge on any atom is 0.211 e. The first kappa shape index (κ1) is 16.0. The van der Waals surface area contributed by atoms with Gasteiger partial charge in [-0.3, -0.25) is 4.98 Å². The monoisotopic (exact) mass is 288 g/mol. The minimum absolute atomic E-state index is 0.0252. The zero-order valence-electron chi connectivity index (χ0n) is 10.9. The van der Waals surface area contributed by atoms with Gasteiger partial charge in [0.1, 0.15) is 0 Å². The fourth-order valence-corrected chi connectivity index (χ4v) is 2.61. The van der Waals surface area contributed by atoms with Gasteiger partial charge in [-0.05, 0) is 30.5 Å². The average Bonchev–Trinajstić information content (AvgIpc) is 2.38. The Labute approximate surface area is 113 Å². The molecule has 1 unspecified atom stereocenters. The van der Waals surface area contributed by atoms with E-state index in [1.54, 1.807) is 24.5 Å². The maximum absolute atomic E-state index is 11.7. The van der Waals surface area contributed by atoms with Gasteiger partial charge in [0.25, 0.3) is 0 Å². The molecular weight excluding hydrogens is 268 g/mol. The second-order valence-corrected chi connectivity index (χ2v) is 6.14. The molecule has 108 valence electrons. The largest absolute Gasteiger partial charge is 0.391 e. The zero-order valence-corrected chi connectivity index (χ0v) is 11.8. The highest BCUT2D eigenvalue weighted by Gasteiger charge is 2.11. The van der Waals surface area contributed by atoms with Crippen LogP contribution >= 0.6 is 0 Å². The van der Waals surface area contributed by atoms with Gasteiger partial charge in [-0.25, -0.2) is 13.1 Å². The molecule has 7 heteroatoms. The quantitative estimate of drug-likeness (QED) is 0.664. The first-order valence-electron chi connectivity index (χ1n) is 6.07. The van der Waals surface area contributed by atoms with E-state index in [9.17, 15) is 13.5 Å². The molecule has 19 heavy (non-hydrogen) atoms. The minimum atomic E-state index is -3.31. The summed E-state index contributed by atoms with van der Waals surface area (Å²) in [6.45, 7) is 0.419. The van der Waals surface area contributed by atoms with Gasteiger partial charge in [0.05, 0.1) is 18.5 Å². The third-order valence-electron chi connectivity index (χ3n) is 2.57. The van der Waals surface area contributed by atoms with Gasteiger partial charge in [0.15, 0.2) is 0 Å². The van der Waals surface area contributed by atoms with E-state index < -0.39 is 16.1 Å². The normalized spacial score (nSPS) is 13.4. The van der Waals surface area contributed by atoms with E-state index >= 15 is 0 Å². The van der Waals surface area contributed by atoms with Crippen molar-refractivity contribution in [1.29, 1.82) is 0 Å². The van der Waals surface area contributed by atoms with E-state index in [2.05, 4.69) is 9.71 Å². The third kappa shape index (κ3) is 7.22. The molecule has 0 fully saturated rings. The molecule has 1 atom stereocenters. The molecule has 0 radical (unpaired) electrons. The molecule has 1 rings (SSSR count). The van der Waals surface area contributed by atoms with Crippen molar-refractivity contribution in [3.05, 3.63) is 30.1 Å². The third-order valence-corrected chi connectivity index (χ3v) is 3.95.